The zero-order valence-corrected chi connectivity index (χ0v) is 18.7. The van der Waals surface area contributed by atoms with E-state index in [1.54, 1.807) is 36.4 Å². The van der Waals surface area contributed by atoms with Gasteiger partial charge in [-0.1, -0.05) is 12.1 Å². The van der Waals surface area contributed by atoms with E-state index in [2.05, 4.69) is 4.18 Å². The van der Waals surface area contributed by atoms with Crippen LogP contribution in [-0.2, 0) is 20.2 Å². The van der Waals surface area contributed by atoms with E-state index in [0.717, 1.165) is 3.57 Å². The number of alkyl halides is 6. The molecular formula is C15H11F6IO7S2. The maximum absolute atomic E-state index is 12.4. The van der Waals surface area contributed by atoms with Gasteiger partial charge in [0.2, 0.25) is 3.57 Å². The quantitative estimate of drug-likeness (QED) is 0.156. The van der Waals surface area contributed by atoms with Crippen molar-refractivity contribution in [1.29, 1.82) is 0 Å². The van der Waals surface area contributed by atoms with Crippen molar-refractivity contribution in [2.75, 3.05) is 7.11 Å². The highest BCUT2D eigenvalue weighted by atomic mass is 127. The standard InChI is InChI=1S/C14H11F3IO4S.CHF3O3S/c1-21-11-8-6-10(7-9-11)18-12-4-2-3-5-13(12)22-23(19,20)14(15,16)17;2-1(3,4)8(5,6)7/h2-9H,1H3;(H,5,6,7)/q+1;/p-1. The molecule has 0 bridgehead atoms. The van der Waals surface area contributed by atoms with Gasteiger partial charge < -0.3 is 13.5 Å². The highest BCUT2D eigenvalue weighted by Gasteiger charge is 2.49. The Morgan fingerprint density at radius 2 is 1.32 bits per heavy atom. The van der Waals surface area contributed by atoms with Gasteiger partial charge in [0, 0.05) is 0 Å². The molecule has 0 radical (unpaired) electrons. The molecule has 0 fully saturated rings. The van der Waals surface area contributed by atoms with Gasteiger partial charge in [-0.2, -0.15) is 34.8 Å². The van der Waals surface area contributed by atoms with Gasteiger partial charge in [-0.3, -0.25) is 0 Å². The minimum atomic E-state index is -6.09. The molecule has 0 aromatic heterocycles. The summed E-state index contributed by atoms with van der Waals surface area (Å²) in [5, 5.41) is 0. The number of hydrogen-bond acceptors (Lipinski definition) is 7. The van der Waals surface area contributed by atoms with Crippen molar-refractivity contribution in [2.45, 2.75) is 11.0 Å². The van der Waals surface area contributed by atoms with Crippen LogP contribution in [0.25, 0.3) is 0 Å². The predicted molar refractivity (Wildman–Crippen MR) is 88.2 cm³/mol. The molecule has 0 aliphatic rings. The van der Waals surface area contributed by atoms with Gasteiger partial charge in [-0.15, -0.1) is 0 Å². The van der Waals surface area contributed by atoms with Gasteiger partial charge in [0.25, 0.3) is 0 Å². The SMILES string of the molecule is COc1ccc([I+]c2ccccc2OS(=O)(=O)C(F)(F)F)cc1.O=S(=O)([O-])C(F)(F)F. The zero-order valence-electron chi connectivity index (χ0n) is 14.9. The lowest BCUT2D eigenvalue weighted by molar-refractivity contribution is -0.598. The Balaban J connectivity index is 0.000000512. The highest BCUT2D eigenvalue weighted by Crippen LogP contribution is 2.26. The molecule has 0 amide bonds. The Bertz CT molecular complexity index is 1080. The van der Waals surface area contributed by atoms with Gasteiger partial charge in [0.05, 0.1) is 7.11 Å². The average molecular weight is 608 g/mol. The zero-order chi connectivity index (χ0) is 24.1. The van der Waals surface area contributed by atoms with Crippen molar-refractivity contribution in [3.05, 3.63) is 55.7 Å². The first-order chi connectivity index (χ1) is 14.0. The molecule has 0 heterocycles. The molecule has 2 aromatic carbocycles. The molecule has 174 valence electrons. The fourth-order valence-electron chi connectivity index (χ4n) is 1.51. The van der Waals surface area contributed by atoms with Crippen molar-refractivity contribution in [3.63, 3.8) is 0 Å². The summed E-state index contributed by atoms with van der Waals surface area (Å²) < 4.78 is 129. The summed E-state index contributed by atoms with van der Waals surface area (Å²) in [5.74, 6) is 0.357. The number of rotatable bonds is 5. The second-order valence-electron chi connectivity index (χ2n) is 5.07. The van der Waals surface area contributed by atoms with E-state index < -0.39 is 52.5 Å². The second-order valence-corrected chi connectivity index (χ2v) is 10.9. The largest absolute Gasteiger partial charge is 0.741 e. The molecule has 0 aliphatic carbocycles. The molecule has 0 saturated carbocycles. The van der Waals surface area contributed by atoms with Crippen LogP contribution in [0.15, 0.2) is 48.5 Å². The topological polar surface area (TPSA) is 110 Å². The first kappa shape index (κ1) is 27.2. The third kappa shape index (κ3) is 8.34. The van der Waals surface area contributed by atoms with E-state index in [9.17, 15) is 34.8 Å². The summed E-state index contributed by atoms with van der Waals surface area (Å²) in [6, 6.07) is 12.8. The smallest absolute Gasteiger partial charge is 0.534 e. The van der Waals surface area contributed by atoms with Crippen molar-refractivity contribution in [3.8, 4) is 11.5 Å². The van der Waals surface area contributed by atoms with Crippen LogP contribution in [0.1, 0.15) is 0 Å². The molecule has 0 aliphatic heterocycles. The normalized spacial score (nSPS) is 12.5. The average Bonchev–Trinajstić information content (AvgIpc) is 2.62. The molecule has 0 N–H and O–H groups in total. The lowest BCUT2D eigenvalue weighted by atomic mass is 10.3. The van der Waals surface area contributed by atoms with Crippen LogP contribution in [0.4, 0.5) is 26.3 Å². The van der Waals surface area contributed by atoms with Crippen LogP contribution in [0.3, 0.4) is 0 Å². The first-order valence-electron chi connectivity index (χ1n) is 7.39. The lowest BCUT2D eigenvalue weighted by Gasteiger charge is -2.08. The summed E-state index contributed by atoms with van der Waals surface area (Å²) >= 11 is -0.915. The van der Waals surface area contributed by atoms with Crippen molar-refractivity contribution < 1.29 is 77.9 Å². The maximum atomic E-state index is 12.4. The second kappa shape index (κ2) is 10.2. The Morgan fingerprint density at radius 3 is 1.74 bits per heavy atom. The molecule has 0 atom stereocenters. The summed E-state index contributed by atoms with van der Waals surface area (Å²) in [4.78, 5) is 0. The third-order valence-corrected chi connectivity index (χ3v) is 7.21. The lowest BCUT2D eigenvalue weighted by Crippen LogP contribution is -3.61. The van der Waals surface area contributed by atoms with Gasteiger partial charge in [0.1, 0.15) is 5.75 Å². The van der Waals surface area contributed by atoms with Crippen molar-refractivity contribution in [2.24, 2.45) is 0 Å². The third-order valence-electron chi connectivity index (χ3n) is 2.86. The number of methoxy groups -OCH3 is 1. The minimum Gasteiger partial charge on any atom is -0.741 e. The Morgan fingerprint density at radius 1 is 0.839 bits per heavy atom. The molecule has 16 heteroatoms. The molecule has 0 unspecified atom stereocenters. The Kier molecular flexibility index (Phi) is 8.98. The predicted octanol–water partition coefficient (Wildman–Crippen LogP) is 0.103. The number of ether oxygens (including phenoxy) is 1. The Hall–Kier alpha value is -1.79. The fraction of sp³-hybridized carbons (Fsp3) is 0.200. The van der Waals surface area contributed by atoms with Crippen molar-refractivity contribution in [1.82, 2.24) is 0 Å². The summed E-state index contributed by atoms with van der Waals surface area (Å²) in [6.07, 6.45) is 0. The maximum Gasteiger partial charge on any atom is 0.534 e. The van der Waals surface area contributed by atoms with Crippen LogP contribution < -0.4 is 30.1 Å². The van der Waals surface area contributed by atoms with Crippen LogP contribution in [0.2, 0.25) is 0 Å². The number of para-hydroxylation sites is 1. The molecule has 0 spiro atoms. The van der Waals surface area contributed by atoms with Gasteiger partial charge in [-0.05, 0) is 36.4 Å². The Labute approximate surface area is 183 Å². The summed E-state index contributed by atoms with van der Waals surface area (Å²) in [7, 11) is -10.2. The summed E-state index contributed by atoms with van der Waals surface area (Å²) in [6.45, 7) is 0. The first-order valence-corrected chi connectivity index (χ1v) is 12.4. The molecule has 2 aromatic rings. The van der Waals surface area contributed by atoms with Crippen LogP contribution >= 0.6 is 0 Å². The monoisotopic (exact) mass is 608 g/mol. The van der Waals surface area contributed by atoms with E-state index in [-0.39, 0.29) is 5.75 Å². The fourth-order valence-corrected chi connectivity index (χ4v) is 4.47. The van der Waals surface area contributed by atoms with Gasteiger partial charge in [-0.25, -0.2) is 8.42 Å². The van der Waals surface area contributed by atoms with E-state index in [4.69, 9.17) is 17.7 Å². The number of hydrogen-bond donors (Lipinski definition) is 0. The molecular weight excluding hydrogens is 597 g/mol. The van der Waals surface area contributed by atoms with Crippen molar-refractivity contribution >= 4 is 20.2 Å². The van der Waals surface area contributed by atoms with E-state index in [1.807, 2.05) is 0 Å². The van der Waals surface area contributed by atoms with Crippen LogP contribution in [-0.4, -0.2) is 39.5 Å². The summed E-state index contributed by atoms with van der Waals surface area (Å²) in [5.41, 5.74) is -11.1. The van der Waals surface area contributed by atoms with Gasteiger partial charge >= 0.3 is 42.3 Å². The molecule has 7 nitrogen and oxygen atoms in total. The van der Waals surface area contributed by atoms with E-state index in [0.29, 0.717) is 9.32 Å². The highest BCUT2D eigenvalue weighted by molar-refractivity contribution is 7.88. The molecule has 31 heavy (non-hydrogen) atoms. The minimum absolute atomic E-state index is 0.298. The number of benzene rings is 2. The van der Waals surface area contributed by atoms with E-state index in [1.165, 1.54) is 19.2 Å². The van der Waals surface area contributed by atoms with Gasteiger partial charge in [0.15, 0.2) is 19.4 Å². The van der Waals surface area contributed by atoms with Crippen LogP contribution in [0, 0.1) is 7.14 Å². The molecule has 2 rings (SSSR count). The molecule has 0 saturated heterocycles. The van der Waals surface area contributed by atoms with E-state index >= 15 is 0 Å². The number of halogens is 7. The van der Waals surface area contributed by atoms with Crippen LogP contribution in [0.5, 0.6) is 11.5 Å².